The van der Waals surface area contributed by atoms with Crippen LogP contribution in [0.3, 0.4) is 0 Å². The number of amides is 2. The third-order valence-corrected chi connectivity index (χ3v) is 7.90. The number of aryl methyl sites for hydroxylation is 1. The number of carbonyl (C=O) groups excluding carboxylic acids is 2. The van der Waals surface area contributed by atoms with Gasteiger partial charge in [0.2, 0.25) is 0 Å². The molecule has 2 aliphatic rings. The summed E-state index contributed by atoms with van der Waals surface area (Å²) in [5, 5.41) is 6.21. The number of carbonyl (C=O) groups is 2. The molecule has 2 heterocycles. The zero-order valence-electron chi connectivity index (χ0n) is 21.4. The van der Waals surface area contributed by atoms with Gasteiger partial charge in [-0.25, -0.2) is 4.39 Å². The van der Waals surface area contributed by atoms with Gasteiger partial charge in [0.1, 0.15) is 5.82 Å². The fourth-order valence-electron chi connectivity index (χ4n) is 5.52. The van der Waals surface area contributed by atoms with E-state index < -0.39 is 5.82 Å². The predicted molar refractivity (Wildman–Crippen MR) is 150 cm³/mol. The first-order chi connectivity index (χ1) is 18.4. The van der Waals surface area contributed by atoms with E-state index in [1.807, 2.05) is 31.3 Å². The average molecular weight is 535 g/mol. The summed E-state index contributed by atoms with van der Waals surface area (Å²) in [6.45, 7) is 3.57. The molecule has 0 aliphatic carbocycles. The molecule has 38 heavy (non-hydrogen) atoms. The second-order valence-electron chi connectivity index (χ2n) is 10.1. The Morgan fingerprint density at radius 2 is 1.68 bits per heavy atom. The molecule has 2 unspecified atom stereocenters. The normalized spacial score (nSPS) is 18.4. The van der Waals surface area contributed by atoms with Crippen molar-refractivity contribution in [3.8, 4) is 0 Å². The van der Waals surface area contributed by atoms with Crippen molar-refractivity contribution in [2.45, 2.75) is 12.8 Å². The fourth-order valence-corrected chi connectivity index (χ4v) is 5.77. The van der Waals surface area contributed by atoms with E-state index in [-0.39, 0.29) is 22.4 Å². The number of nitrogens with zero attached hydrogens (tertiary/aromatic N) is 2. The number of nitrogens with one attached hydrogen (secondary N) is 2. The van der Waals surface area contributed by atoms with Crippen molar-refractivity contribution in [1.82, 2.24) is 10.2 Å². The largest absolute Gasteiger partial charge is 0.388 e. The highest BCUT2D eigenvalue weighted by Crippen LogP contribution is 2.35. The molecule has 0 aromatic heterocycles. The van der Waals surface area contributed by atoms with Crippen molar-refractivity contribution >= 4 is 34.8 Å². The van der Waals surface area contributed by atoms with E-state index in [1.54, 1.807) is 11.0 Å². The summed E-state index contributed by atoms with van der Waals surface area (Å²) >= 11 is 6.12. The third kappa shape index (κ3) is 5.63. The Hall–Kier alpha value is -3.58. The molecule has 6 nitrogen and oxygen atoms in total. The van der Waals surface area contributed by atoms with Gasteiger partial charge in [0, 0.05) is 68.5 Å². The zero-order valence-corrected chi connectivity index (χ0v) is 22.2. The fraction of sp³-hybridized carbons (Fsp3) is 0.333. The molecule has 0 radical (unpaired) electrons. The molecule has 3 aromatic carbocycles. The smallest absolute Gasteiger partial charge is 0.258 e. The molecular weight excluding hydrogens is 503 g/mol. The number of likely N-dealkylation sites (tertiary alicyclic amines) is 1. The van der Waals surface area contributed by atoms with E-state index in [0.717, 1.165) is 31.6 Å². The van der Waals surface area contributed by atoms with Crippen molar-refractivity contribution in [2.75, 3.05) is 50.0 Å². The number of hydrogen-bond acceptors (Lipinski definition) is 4. The third-order valence-electron chi connectivity index (χ3n) is 7.59. The van der Waals surface area contributed by atoms with Gasteiger partial charge < -0.3 is 20.4 Å². The summed E-state index contributed by atoms with van der Waals surface area (Å²) in [5.74, 6) is -0.246. The van der Waals surface area contributed by atoms with Crippen molar-refractivity contribution in [3.05, 3.63) is 94.3 Å². The van der Waals surface area contributed by atoms with Crippen LogP contribution in [0.5, 0.6) is 0 Å². The summed E-state index contributed by atoms with van der Waals surface area (Å²) in [4.78, 5) is 29.4. The molecule has 3 aromatic rings. The lowest BCUT2D eigenvalue weighted by molar-refractivity contribution is 0.0777. The van der Waals surface area contributed by atoms with Crippen molar-refractivity contribution in [1.29, 1.82) is 0 Å². The minimum absolute atomic E-state index is 0.0263. The van der Waals surface area contributed by atoms with Crippen molar-refractivity contribution in [3.63, 3.8) is 0 Å². The molecule has 198 valence electrons. The Morgan fingerprint density at radius 1 is 0.974 bits per heavy atom. The van der Waals surface area contributed by atoms with Gasteiger partial charge >= 0.3 is 0 Å². The van der Waals surface area contributed by atoms with Gasteiger partial charge in [-0.1, -0.05) is 29.8 Å². The van der Waals surface area contributed by atoms with Gasteiger partial charge in [-0.15, -0.1) is 0 Å². The number of benzene rings is 3. The van der Waals surface area contributed by atoms with E-state index in [9.17, 15) is 14.0 Å². The van der Waals surface area contributed by atoms with E-state index in [2.05, 4.69) is 39.8 Å². The molecule has 2 atom stereocenters. The summed E-state index contributed by atoms with van der Waals surface area (Å²) in [6, 6.07) is 20.3. The summed E-state index contributed by atoms with van der Waals surface area (Å²) in [7, 11) is 1.85. The second kappa shape index (κ2) is 11.4. The number of hydrogen-bond donors (Lipinski definition) is 2. The molecule has 2 amide bonds. The minimum atomic E-state index is -0.569. The molecule has 2 N–H and O–H groups in total. The van der Waals surface area contributed by atoms with Crippen LogP contribution in [0.2, 0.25) is 5.02 Å². The van der Waals surface area contributed by atoms with E-state index >= 15 is 0 Å². The first kappa shape index (κ1) is 26.0. The molecule has 0 bridgehead atoms. The number of anilines is 2. The monoisotopic (exact) mass is 534 g/mol. The quantitative estimate of drug-likeness (QED) is 0.395. The Morgan fingerprint density at radius 3 is 2.37 bits per heavy atom. The summed E-state index contributed by atoms with van der Waals surface area (Å²) in [5.41, 5.74) is 4.02. The highest BCUT2D eigenvalue weighted by atomic mass is 35.5. The minimum Gasteiger partial charge on any atom is -0.388 e. The van der Waals surface area contributed by atoms with Gasteiger partial charge in [-0.2, -0.15) is 0 Å². The lowest BCUT2D eigenvalue weighted by atomic mass is 10.0. The topological polar surface area (TPSA) is 64.7 Å². The maximum absolute atomic E-state index is 14.3. The zero-order chi connectivity index (χ0) is 26.6. The Balaban J connectivity index is 1.11. The highest BCUT2D eigenvalue weighted by molar-refractivity contribution is 6.33. The molecule has 2 aliphatic heterocycles. The van der Waals surface area contributed by atoms with Crippen molar-refractivity contribution < 1.29 is 14.0 Å². The Bertz CT molecular complexity index is 1280. The summed E-state index contributed by atoms with van der Waals surface area (Å²) < 4.78 is 14.3. The molecule has 2 saturated heterocycles. The van der Waals surface area contributed by atoms with Gasteiger partial charge in [-0.3, -0.25) is 9.59 Å². The van der Waals surface area contributed by atoms with Crippen LogP contribution in [0.25, 0.3) is 0 Å². The first-order valence-electron chi connectivity index (χ1n) is 13.1. The van der Waals surface area contributed by atoms with E-state index in [1.165, 1.54) is 23.4 Å². The summed E-state index contributed by atoms with van der Waals surface area (Å²) in [6.07, 6.45) is 1.73. The number of fused-ring (bicyclic) bond motifs is 1. The maximum atomic E-state index is 14.3. The molecule has 5 rings (SSSR count). The van der Waals surface area contributed by atoms with Crippen LogP contribution in [0.4, 0.5) is 15.8 Å². The highest BCUT2D eigenvalue weighted by Gasteiger charge is 2.42. The van der Waals surface area contributed by atoms with Gasteiger partial charge in [0.15, 0.2) is 0 Å². The van der Waals surface area contributed by atoms with Crippen LogP contribution < -0.4 is 15.5 Å². The second-order valence-corrected chi connectivity index (χ2v) is 10.5. The maximum Gasteiger partial charge on any atom is 0.258 e. The number of halogens is 2. The van der Waals surface area contributed by atoms with Crippen LogP contribution in [-0.2, 0) is 6.42 Å². The molecule has 0 spiro atoms. The molecule has 8 heteroatoms. The van der Waals surface area contributed by atoms with Crippen LogP contribution in [0.1, 0.15) is 32.7 Å². The standard InChI is InChI=1S/C30H32ClFN4O2/c1-33-24-12-10-21(11-13-24)29(37)34-14-4-6-20-5-2-7-25(15-20)35-16-22-18-36(19-23(22)17-35)30(38)28-26(31)8-3-9-27(28)32/h2-3,5,7-13,15,22-23,33H,4,6,14,16-19H2,1H3,(H,34,37). The molecular formula is C30H32ClFN4O2. The van der Waals surface area contributed by atoms with E-state index in [0.29, 0.717) is 37.0 Å². The average Bonchev–Trinajstić information content (AvgIpc) is 3.51. The van der Waals surface area contributed by atoms with Crippen molar-refractivity contribution in [2.24, 2.45) is 11.8 Å². The SMILES string of the molecule is CNc1ccc(C(=O)NCCCc2cccc(N3CC4CN(C(=O)c5c(F)cccc5Cl)CC4C3)c2)cc1. The lowest BCUT2D eigenvalue weighted by Crippen LogP contribution is -2.34. The van der Waals surface area contributed by atoms with Gasteiger partial charge in [0.25, 0.3) is 11.8 Å². The Labute approximate surface area is 227 Å². The number of rotatable bonds is 8. The predicted octanol–water partition coefficient (Wildman–Crippen LogP) is 5.09. The molecule has 2 fully saturated rings. The Kier molecular flexibility index (Phi) is 7.84. The van der Waals surface area contributed by atoms with Gasteiger partial charge in [0.05, 0.1) is 10.6 Å². The first-order valence-corrected chi connectivity index (χ1v) is 13.4. The van der Waals surface area contributed by atoms with Gasteiger partial charge in [-0.05, 0) is 66.9 Å². The molecule has 0 saturated carbocycles. The van der Waals surface area contributed by atoms with Crippen LogP contribution in [0.15, 0.2) is 66.7 Å². The van der Waals surface area contributed by atoms with Crippen LogP contribution >= 0.6 is 11.6 Å². The van der Waals surface area contributed by atoms with Crippen LogP contribution in [0, 0.1) is 17.7 Å². The van der Waals surface area contributed by atoms with Crippen LogP contribution in [-0.4, -0.2) is 56.5 Å². The van der Waals surface area contributed by atoms with E-state index in [4.69, 9.17) is 11.6 Å². The lowest BCUT2D eigenvalue weighted by Gasteiger charge is -2.24.